The van der Waals surface area contributed by atoms with Crippen LogP contribution in [0.5, 0.6) is 0 Å². The monoisotopic (exact) mass is 271 g/mol. The van der Waals surface area contributed by atoms with E-state index in [1.54, 1.807) is 6.92 Å². The Hall–Kier alpha value is -1.41. The van der Waals surface area contributed by atoms with E-state index >= 15 is 0 Å². The first-order valence-electron chi connectivity index (χ1n) is 5.76. The molecule has 18 heavy (non-hydrogen) atoms. The zero-order valence-corrected chi connectivity index (χ0v) is 11.0. The number of hydrogen-bond acceptors (Lipinski definition) is 4. The summed E-state index contributed by atoms with van der Waals surface area (Å²) < 4.78 is 26.9. The summed E-state index contributed by atoms with van der Waals surface area (Å²) in [5, 5.41) is 7.62. The Labute approximate surface area is 106 Å². The minimum absolute atomic E-state index is 0.00697. The van der Waals surface area contributed by atoms with Gasteiger partial charge in [0.05, 0.1) is 11.7 Å². The van der Waals surface area contributed by atoms with E-state index in [-0.39, 0.29) is 10.9 Å². The fourth-order valence-corrected chi connectivity index (χ4v) is 3.66. The average Bonchev–Trinajstić information content (AvgIpc) is 2.87. The van der Waals surface area contributed by atoms with Crippen LogP contribution in [0.3, 0.4) is 0 Å². The zero-order valence-electron chi connectivity index (χ0n) is 10.2. The summed E-state index contributed by atoms with van der Waals surface area (Å²) in [6.45, 7) is 1.68. The Bertz CT molecular complexity index is 557. The largest absolute Gasteiger partial charge is 0.386 e. The number of nitrogens with zero attached hydrogens (tertiary/aromatic N) is 1. The number of nitrogens with one attached hydrogen (secondary N) is 3. The number of rotatable bonds is 4. The molecular formula is C10H17N5O2S. The van der Waals surface area contributed by atoms with Gasteiger partial charge in [0.2, 0.25) is 0 Å². The second-order valence-corrected chi connectivity index (χ2v) is 6.29. The van der Waals surface area contributed by atoms with E-state index in [2.05, 4.69) is 14.7 Å². The molecule has 1 aliphatic carbocycles. The molecule has 0 radical (unpaired) electrons. The molecule has 7 nitrogen and oxygen atoms in total. The lowest BCUT2D eigenvalue weighted by Gasteiger charge is -2.28. The number of imidazole rings is 1. The molecule has 0 aromatic carbocycles. The topological polar surface area (TPSA) is 125 Å². The fourth-order valence-electron chi connectivity index (χ4n) is 2.25. The van der Waals surface area contributed by atoms with Crippen LogP contribution in [0.2, 0.25) is 0 Å². The molecule has 0 bridgehead atoms. The van der Waals surface area contributed by atoms with E-state index in [9.17, 15) is 8.42 Å². The predicted octanol–water partition coefficient (Wildman–Crippen LogP) is 0.245. The van der Waals surface area contributed by atoms with Crippen LogP contribution in [0.4, 0.5) is 0 Å². The highest BCUT2D eigenvalue weighted by Gasteiger charge is 2.41. The molecule has 0 spiro atoms. The Morgan fingerprint density at radius 1 is 1.56 bits per heavy atom. The standard InChI is InChI=1S/C10H17N5O2S/c1-7-13-6-8(14-7)18(16,17)15-10(9(11)12)4-2-3-5-10/h6,15H,2-5H2,1H3,(H3,11,12)(H,13,14). The highest BCUT2D eigenvalue weighted by molar-refractivity contribution is 7.89. The maximum absolute atomic E-state index is 12.2. The van der Waals surface area contributed by atoms with Gasteiger partial charge in [-0.05, 0) is 19.8 Å². The van der Waals surface area contributed by atoms with Crippen molar-refractivity contribution >= 4 is 15.9 Å². The third-order valence-corrected chi connectivity index (χ3v) is 4.72. The van der Waals surface area contributed by atoms with Crippen molar-refractivity contribution < 1.29 is 8.42 Å². The van der Waals surface area contributed by atoms with Crippen LogP contribution in [-0.2, 0) is 10.0 Å². The van der Waals surface area contributed by atoms with Crippen LogP contribution in [0.25, 0.3) is 0 Å². The molecule has 0 atom stereocenters. The molecule has 1 saturated carbocycles. The quantitative estimate of drug-likeness (QED) is 0.462. The van der Waals surface area contributed by atoms with Gasteiger partial charge in [-0.2, -0.15) is 4.72 Å². The van der Waals surface area contributed by atoms with Gasteiger partial charge >= 0.3 is 0 Å². The number of nitrogens with two attached hydrogens (primary N) is 1. The lowest BCUT2D eigenvalue weighted by atomic mass is 9.98. The van der Waals surface area contributed by atoms with E-state index in [1.807, 2.05) is 0 Å². The van der Waals surface area contributed by atoms with Crippen LogP contribution in [0.15, 0.2) is 11.2 Å². The smallest absolute Gasteiger partial charge is 0.258 e. The molecule has 0 saturated heterocycles. The van der Waals surface area contributed by atoms with Crippen molar-refractivity contribution in [2.75, 3.05) is 0 Å². The van der Waals surface area contributed by atoms with Crippen molar-refractivity contribution in [1.82, 2.24) is 14.7 Å². The lowest BCUT2D eigenvalue weighted by molar-refractivity contribution is 0.494. The number of sulfonamides is 1. The fraction of sp³-hybridized carbons (Fsp3) is 0.600. The van der Waals surface area contributed by atoms with Gasteiger partial charge in [0.25, 0.3) is 10.0 Å². The zero-order chi connectivity index (χ0) is 13.4. The molecule has 1 aromatic heterocycles. The van der Waals surface area contributed by atoms with E-state index in [4.69, 9.17) is 11.1 Å². The third kappa shape index (κ3) is 2.25. The van der Waals surface area contributed by atoms with Crippen LogP contribution in [-0.4, -0.2) is 29.8 Å². The molecule has 0 unspecified atom stereocenters. The highest BCUT2D eigenvalue weighted by atomic mass is 32.2. The Morgan fingerprint density at radius 2 is 2.17 bits per heavy atom. The molecule has 8 heteroatoms. The molecule has 1 aromatic rings. The second-order valence-electron chi connectivity index (χ2n) is 4.64. The van der Waals surface area contributed by atoms with E-state index in [0.717, 1.165) is 12.8 Å². The first-order valence-corrected chi connectivity index (χ1v) is 7.24. The van der Waals surface area contributed by atoms with Crippen molar-refractivity contribution in [2.24, 2.45) is 5.73 Å². The average molecular weight is 271 g/mol. The maximum Gasteiger partial charge on any atom is 0.258 e. The van der Waals surface area contributed by atoms with Crippen LogP contribution >= 0.6 is 0 Å². The van der Waals surface area contributed by atoms with Crippen molar-refractivity contribution in [3.63, 3.8) is 0 Å². The van der Waals surface area contributed by atoms with Gasteiger partial charge in [0, 0.05) is 0 Å². The molecule has 100 valence electrons. The van der Waals surface area contributed by atoms with E-state index < -0.39 is 15.6 Å². The summed E-state index contributed by atoms with van der Waals surface area (Å²) in [5.74, 6) is 0.401. The molecule has 1 fully saturated rings. The predicted molar refractivity (Wildman–Crippen MR) is 66.8 cm³/mol. The van der Waals surface area contributed by atoms with Crippen LogP contribution in [0.1, 0.15) is 31.5 Å². The van der Waals surface area contributed by atoms with Crippen molar-refractivity contribution in [1.29, 1.82) is 5.41 Å². The second kappa shape index (κ2) is 4.36. The summed E-state index contributed by atoms with van der Waals surface area (Å²) in [4.78, 5) is 6.54. The molecule has 0 amide bonds. The minimum atomic E-state index is -3.72. The maximum atomic E-state index is 12.2. The summed E-state index contributed by atoms with van der Waals surface area (Å²) in [5.41, 5.74) is 4.62. The number of amidine groups is 1. The van der Waals surface area contributed by atoms with Crippen molar-refractivity contribution in [3.05, 3.63) is 12.0 Å². The van der Waals surface area contributed by atoms with Crippen molar-refractivity contribution in [2.45, 2.75) is 43.2 Å². The number of aromatic nitrogens is 2. The Balaban J connectivity index is 2.29. The minimum Gasteiger partial charge on any atom is -0.386 e. The van der Waals surface area contributed by atoms with E-state index in [1.165, 1.54) is 6.20 Å². The first-order chi connectivity index (χ1) is 8.36. The van der Waals surface area contributed by atoms with Crippen molar-refractivity contribution in [3.8, 4) is 0 Å². The summed E-state index contributed by atoms with van der Waals surface area (Å²) in [6, 6.07) is 0. The molecule has 5 N–H and O–H groups in total. The summed E-state index contributed by atoms with van der Waals surface area (Å²) >= 11 is 0. The van der Waals surface area contributed by atoms with Crippen LogP contribution in [0, 0.1) is 12.3 Å². The summed E-state index contributed by atoms with van der Waals surface area (Å²) in [7, 11) is -3.72. The Morgan fingerprint density at radius 3 is 2.61 bits per heavy atom. The molecular weight excluding hydrogens is 254 g/mol. The molecule has 1 heterocycles. The number of aromatic amines is 1. The lowest BCUT2D eigenvalue weighted by Crippen LogP contribution is -2.55. The molecule has 2 rings (SSSR count). The van der Waals surface area contributed by atoms with Gasteiger partial charge in [-0.1, -0.05) is 12.8 Å². The van der Waals surface area contributed by atoms with Gasteiger partial charge in [0.1, 0.15) is 11.7 Å². The van der Waals surface area contributed by atoms with E-state index in [0.29, 0.717) is 18.7 Å². The third-order valence-electron chi connectivity index (χ3n) is 3.27. The van der Waals surface area contributed by atoms with Crippen LogP contribution < -0.4 is 10.5 Å². The molecule has 1 aliphatic rings. The summed E-state index contributed by atoms with van der Waals surface area (Å²) in [6.07, 6.45) is 4.12. The van der Waals surface area contributed by atoms with Gasteiger partial charge in [0.15, 0.2) is 5.03 Å². The van der Waals surface area contributed by atoms with Gasteiger partial charge in [-0.3, -0.25) is 5.41 Å². The van der Waals surface area contributed by atoms with Gasteiger partial charge < -0.3 is 10.7 Å². The number of aryl methyl sites for hydroxylation is 1. The first kappa shape index (κ1) is 13.0. The molecule has 0 aliphatic heterocycles. The number of hydrogen-bond donors (Lipinski definition) is 4. The Kier molecular flexibility index (Phi) is 3.16. The van der Waals surface area contributed by atoms with Gasteiger partial charge in [-0.25, -0.2) is 13.4 Å². The number of H-pyrrole nitrogens is 1. The SMILES string of the molecule is Cc1ncc(S(=O)(=O)NC2(C(=N)N)CCCC2)[nH]1. The van der Waals surface area contributed by atoms with Gasteiger partial charge in [-0.15, -0.1) is 0 Å². The highest BCUT2D eigenvalue weighted by Crippen LogP contribution is 2.31. The normalized spacial score (nSPS) is 18.9.